The summed E-state index contributed by atoms with van der Waals surface area (Å²) in [6.07, 6.45) is 5.46. The van der Waals surface area contributed by atoms with Crippen molar-refractivity contribution in [3.63, 3.8) is 0 Å². The molecule has 38 heavy (non-hydrogen) atoms. The van der Waals surface area contributed by atoms with Gasteiger partial charge in [-0.05, 0) is 38.2 Å². The maximum Gasteiger partial charge on any atom is 0.411 e. The Labute approximate surface area is 221 Å². The number of pyridine rings is 1. The van der Waals surface area contributed by atoms with Gasteiger partial charge in [-0.1, -0.05) is 43.0 Å². The summed E-state index contributed by atoms with van der Waals surface area (Å²) >= 11 is 0. The number of carbonyl (C=O) groups excluding carboxylic acids is 2. The van der Waals surface area contributed by atoms with Crippen molar-refractivity contribution in [1.29, 1.82) is 0 Å². The molecule has 4 heterocycles. The lowest BCUT2D eigenvalue weighted by Gasteiger charge is -2.48. The Balaban J connectivity index is 1.50. The summed E-state index contributed by atoms with van der Waals surface area (Å²) in [5.74, 6) is -0.872. The van der Waals surface area contributed by atoms with E-state index in [2.05, 4.69) is 12.0 Å². The van der Waals surface area contributed by atoms with Gasteiger partial charge in [-0.25, -0.2) is 9.59 Å². The number of aromatic nitrogens is 1. The van der Waals surface area contributed by atoms with Crippen LogP contribution in [0.5, 0.6) is 5.75 Å². The van der Waals surface area contributed by atoms with Crippen molar-refractivity contribution in [2.45, 2.75) is 57.1 Å². The van der Waals surface area contributed by atoms with Crippen LogP contribution in [0.1, 0.15) is 48.7 Å². The van der Waals surface area contributed by atoms with E-state index >= 15 is 0 Å². The van der Waals surface area contributed by atoms with Gasteiger partial charge in [0.25, 0.3) is 0 Å². The number of ether oxygens (including phenoxy) is 4. The molecule has 1 unspecified atom stereocenters. The maximum atomic E-state index is 13.2. The van der Waals surface area contributed by atoms with E-state index in [0.717, 1.165) is 24.8 Å². The maximum absolute atomic E-state index is 13.2. The molecular formula is C28H33N3O7. The Bertz CT molecular complexity index is 1250. The number of carbonyl (C=O) groups is 2. The second kappa shape index (κ2) is 10.9. The van der Waals surface area contributed by atoms with Crippen LogP contribution in [0.3, 0.4) is 0 Å². The van der Waals surface area contributed by atoms with E-state index < -0.39 is 23.7 Å². The SMILES string of the molecule is C=CCOC(=O)N1CC[C@]23CC[C@H](C[C@H]2C1Nn1ccc(=O)c(OCc2ccccc2)c1C(=O)OCC)O3. The van der Waals surface area contributed by atoms with Gasteiger partial charge >= 0.3 is 12.1 Å². The Hall–Kier alpha value is -3.79. The molecule has 3 fully saturated rings. The summed E-state index contributed by atoms with van der Waals surface area (Å²) in [6.45, 7) is 6.03. The zero-order valence-corrected chi connectivity index (χ0v) is 21.5. The molecule has 1 aromatic heterocycles. The molecule has 0 saturated carbocycles. The molecule has 2 aromatic rings. The number of nitrogens with zero attached hydrogens (tertiary/aromatic N) is 2. The van der Waals surface area contributed by atoms with Crippen LogP contribution in [-0.4, -0.2) is 59.3 Å². The first kappa shape index (κ1) is 25.8. The van der Waals surface area contributed by atoms with Crippen LogP contribution in [0.15, 0.2) is 60.0 Å². The van der Waals surface area contributed by atoms with E-state index in [9.17, 15) is 14.4 Å². The molecule has 10 heteroatoms. The van der Waals surface area contributed by atoms with Gasteiger partial charge in [-0.15, -0.1) is 0 Å². The second-order valence-electron chi connectivity index (χ2n) is 9.79. The number of hydrogen-bond acceptors (Lipinski definition) is 8. The summed E-state index contributed by atoms with van der Waals surface area (Å²) in [5, 5.41) is 0. The van der Waals surface area contributed by atoms with Crippen LogP contribution in [0.25, 0.3) is 0 Å². The third-order valence-electron chi connectivity index (χ3n) is 7.56. The number of esters is 1. The number of benzene rings is 1. The fourth-order valence-corrected chi connectivity index (χ4v) is 5.85. The Morgan fingerprint density at radius 1 is 1.21 bits per heavy atom. The normalized spacial score (nSPS) is 25.4. The average molecular weight is 524 g/mol. The number of piperidine rings is 1. The van der Waals surface area contributed by atoms with Crippen molar-refractivity contribution in [2.24, 2.45) is 5.92 Å². The lowest BCUT2D eigenvalue weighted by Crippen LogP contribution is -2.62. The van der Waals surface area contributed by atoms with E-state index in [1.807, 2.05) is 30.3 Å². The van der Waals surface area contributed by atoms with E-state index in [4.69, 9.17) is 18.9 Å². The molecule has 3 aliphatic heterocycles. The molecule has 10 nitrogen and oxygen atoms in total. The van der Waals surface area contributed by atoms with Crippen LogP contribution in [0.4, 0.5) is 4.79 Å². The van der Waals surface area contributed by atoms with Crippen LogP contribution in [0.2, 0.25) is 0 Å². The number of rotatable bonds is 9. The molecule has 0 aliphatic carbocycles. The quantitative estimate of drug-likeness (QED) is 0.393. The molecule has 1 amide bonds. The highest BCUT2D eigenvalue weighted by atomic mass is 16.6. The first-order chi connectivity index (χ1) is 18.5. The summed E-state index contributed by atoms with van der Waals surface area (Å²) in [4.78, 5) is 40.7. The van der Waals surface area contributed by atoms with Gasteiger partial charge in [0.15, 0.2) is 11.4 Å². The molecule has 1 aromatic carbocycles. The minimum atomic E-state index is -0.712. The molecule has 5 rings (SSSR count). The van der Waals surface area contributed by atoms with E-state index in [-0.39, 0.29) is 48.9 Å². The number of hydrogen-bond donors (Lipinski definition) is 1. The second-order valence-corrected chi connectivity index (χ2v) is 9.79. The minimum Gasteiger partial charge on any atom is -0.482 e. The third kappa shape index (κ3) is 4.88. The molecule has 4 atom stereocenters. The Morgan fingerprint density at radius 2 is 2.03 bits per heavy atom. The van der Waals surface area contributed by atoms with E-state index in [1.165, 1.54) is 23.0 Å². The number of amides is 1. The molecule has 2 bridgehead atoms. The summed E-state index contributed by atoms with van der Waals surface area (Å²) in [6, 6.07) is 10.7. The van der Waals surface area contributed by atoms with Crippen molar-refractivity contribution in [1.82, 2.24) is 9.58 Å². The van der Waals surface area contributed by atoms with Crippen molar-refractivity contribution in [2.75, 3.05) is 25.2 Å². The third-order valence-corrected chi connectivity index (χ3v) is 7.56. The minimum absolute atomic E-state index is 0.0329. The molecule has 0 radical (unpaired) electrons. The Kier molecular flexibility index (Phi) is 7.42. The smallest absolute Gasteiger partial charge is 0.411 e. The van der Waals surface area contributed by atoms with Gasteiger partial charge in [-0.3, -0.25) is 14.4 Å². The van der Waals surface area contributed by atoms with Crippen LogP contribution >= 0.6 is 0 Å². The lowest BCUT2D eigenvalue weighted by atomic mass is 9.72. The zero-order chi connectivity index (χ0) is 26.7. The predicted octanol–water partition coefficient (Wildman–Crippen LogP) is 3.44. The van der Waals surface area contributed by atoms with E-state index in [1.54, 1.807) is 11.8 Å². The highest BCUT2D eigenvalue weighted by Gasteiger charge is 2.60. The van der Waals surface area contributed by atoms with Gasteiger partial charge in [0.05, 0.1) is 18.3 Å². The van der Waals surface area contributed by atoms with Gasteiger partial charge in [0, 0.05) is 24.7 Å². The molecule has 1 spiro atoms. The predicted molar refractivity (Wildman–Crippen MR) is 138 cm³/mol. The standard InChI is InChI=1S/C28H33N3O7/c1-3-16-36-27(34)30-15-13-28-12-10-20(38-28)17-21(28)25(30)29-31-14-11-22(32)24(23(31)26(33)35-4-2)37-18-19-8-6-5-7-9-19/h3,5-9,11,14,20-21,25,29H,1,4,10,12-13,15-18H2,2H3/t20-,21+,25?,28-/m1/s1. The van der Waals surface area contributed by atoms with Crippen LogP contribution in [0, 0.1) is 5.92 Å². The van der Waals surface area contributed by atoms with Crippen LogP contribution in [-0.2, 0) is 20.8 Å². The highest BCUT2D eigenvalue weighted by molar-refractivity contribution is 5.90. The molecule has 3 aliphatic rings. The average Bonchev–Trinajstić information content (AvgIpc) is 3.51. The zero-order valence-electron chi connectivity index (χ0n) is 21.5. The molecule has 3 saturated heterocycles. The fourth-order valence-electron chi connectivity index (χ4n) is 5.85. The largest absolute Gasteiger partial charge is 0.482 e. The molecule has 202 valence electrons. The topological polar surface area (TPSA) is 108 Å². The monoisotopic (exact) mass is 523 g/mol. The molecular weight excluding hydrogens is 490 g/mol. The molecule has 1 N–H and O–H groups in total. The highest BCUT2D eigenvalue weighted by Crippen LogP contribution is 2.53. The van der Waals surface area contributed by atoms with Gasteiger partial charge in [0.1, 0.15) is 19.4 Å². The number of fused-ring (bicyclic) bond motifs is 1. The van der Waals surface area contributed by atoms with Crippen molar-refractivity contribution in [3.8, 4) is 5.75 Å². The van der Waals surface area contributed by atoms with Gasteiger partial charge in [0.2, 0.25) is 5.43 Å². The van der Waals surface area contributed by atoms with Crippen molar-refractivity contribution < 1.29 is 28.5 Å². The van der Waals surface area contributed by atoms with E-state index in [0.29, 0.717) is 13.0 Å². The fraction of sp³-hybridized carbons (Fsp3) is 0.464. The van der Waals surface area contributed by atoms with Gasteiger partial charge in [-0.2, -0.15) is 0 Å². The number of likely N-dealkylation sites (tertiary alicyclic amines) is 1. The Morgan fingerprint density at radius 3 is 2.76 bits per heavy atom. The number of nitrogens with one attached hydrogen (secondary N) is 1. The lowest BCUT2D eigenvalue weighted by molar-refractivity contribution is -0.0665. The van der Waals surface area contributed by atoms with Gasteiger partial charge < -0.3 is 24.4 Å². The first-order valence-corrected chi connectivity index (χ1v) is 13.0. The first-order valence-electron chi connectivity index (χ1n) is 13.0. The summed E-state index contributed by atoms with van der Waals surface area (Å²) in [7, 11) is 0. The summed E-state index contributed by atoms with van der Waals surface area (Å²) in [5.41, 5.74) is 3.31. The van der Waals surface area contributed by atoms with Crippen LogP contribution < -0.4 is 15.6 Å². The summed E-state index contributed by atoms with van der Waals surface area (Å²) < 4.78 is 24.4. The van der Waals surface area contributed by atoms with Crippen molar-refractivity contribution >= 4 is 12.1 Å². The van der Waals surface area contributed by atoms with Crippen molar-refractivity contribution in [3.05, 3.63) is 76.7 Å².